The first-order valence-corrected chi connectivity index (χ1v) is 5.38. The monoisotopic (exact) mass is 286 g/mol. The van der Waals surface area contributed by atoms with Gasteiger partial charge >= 0.3 is 0 Å². The van der Waals surface area contributed by atoms with Crippen molar-refractivity contribution < 1.29 is 9.53 Å². The number of hydrogen-bond acceptors (Lipinski definition) is 3. The van der Waals surface area contributed by atoms with E-state index in [1.807, 2.05) is 17.7 Å². The molecular formula is C12H12Cl2N2O2. The number of benzene rings is 1. The predicted octanol–water partition coefficient (Wildman–Crippen LogP) is 2.99. The highest BCUT2D eigenvalue weighted by Crippen LogP contribution is 2.25. The Balaban J connectivity index is 0.00000162. The molecule has 0 bridgehead atoms. The SMILES string of the molecule is COc1cc(C(=O)Cl)ccc1-n1cnc(C)c1.Cl. The fourth-order valence-corrected chi connectivity index (χ4v) is 1.68. The average molecular weight is 287 g/mol. The number of methoxy groups -OCH3 is 1. The van der Waals surface area contributed by atoms with Crippen molar-refractivity contribution in [3.05, 3.63) is 42.0 Å². The van der Waals surface area contributed by atoms with Gasteiger partial charge < -0.3 is 9.30 Å². The Bertz CT molecular complexity index is 567. The molecule has 0 spiro atoms. The molecule has 0 N–H and O–H groups in total. The van der Waals surface area contributed by atoms with Crippen LogP contribution in [0.2, 0.25) is 0 Å². The summed E-state index contributed by atoms with van der Waals surface area (Å²) in [7, 11) is 1.55. The van der Waals surface area contributed by atoms with E-state index in [9.17, 15) is 4.79 Å². The van der Waals surface area contributed by atoms with Crippen LogP contribution < -0.4 is 4.74 Å². The van der Waals surface area contributed by atoms with Crippen molar-refractivity contribution in [3.8, 4) is 11.4 Å². The van der Waals surface area contributed by atoms with Crippen LogP contribution >= 0.6 is 24.0 Å². The molecule has 2 rings (SSSR count). The first-order chi connectivity index (χ1) is 8.11. The Hall–Kier alpha value is -1.52. The molecule has 1 aromatic carbocycles. The third-order valence-electron chi connectivity index (χ3n) is 2.40. The van der Waals surface area contributed by atoms with Crippen LogP contribution in [0.4, 0.5) is 0 Å². The number of nitrogens with zero attached hydrogens (tertiary/aromatic N) is 2. The van der Waals surface area contributed by atoms with E-state index < -0.39 is 5.24 Å². The van der Waals surface area contributed by atoms with E-state index in [0.717, 1.165) is 11.4 Å². The summed E-state index contributed by atoms with van der Waals surface area (Å²) in [5.41, 5.74) is 2.13. The average Bonchev–Trinajstić information content (AvgIpc) is 2.74. The zero-order valence-corrected chi connectivity index (χ0v) is 11.5. The maximum absolute atomic E-state index is 11.1. The lowest BCUT2D eigenvalue weighted by Gasteiger charge is -2.09. The van der Waals surface area contributed by atoms with Crippen LogP contribution in [0.1, 0.15) is 16.1 Å². The van der Waals surface area contributed by atoms with Crippen LogP contribution in [0.15, 0.2) is 30.7 Å². The van der Waals surface area contributed by atoms with Crippen molar-refractivity contribution >= 4 is 29.3 Å². The molecule has 4 nitrogen and oxygen atoms in total. The minimum Gasteiger partial charge on any atom is -0.495 e. The summed E-state index contributed by atoms with van der Waals surface area (Å²) in [6.07, 6.45) is 3.56. The van der Waals surface area contributed by atoms with Crippen LogP contribution in [-0.4, -0.2) is 21.9 Å². The van der Waals surface area contributed by atoms with Crippen LogP contribution in [0.5, 0.6) is 5.75 Å². The summed E-state index contributed by atoms with van der Waals surface area (Å²) in [6.45, 7) is 1.90. The highest BCUT2D eigenvalue weighted by molar-refractivity contribution is 6.67. The van der Waals surface area contributed by atoms with Crippen LogP contribution in [0, 0.1) is 6.92 Å². The second-order valence-corrected chi connectivity index (χ2v) is 3.93. The molecule has 18 heavy (non-hydrogen) atoms. The van der Waals surface area contributed by atoms with E-state index in [1.54, 1.807) is 31.6 Å². The van der Waals surface area contributed by atoms with Gasteiger partial charge in [-0.1, -0.05) is 0 Å². The van der Waals surface area contributed by atoms with Crippen LogP contribution in [-0.2, 0) is 0 Å². The molecule has 0 aliphatic heterocycles. The van der Waals surface area contributed by atoms with E-state index in [1.165, 1.54) is 0 Å². The fraction of sp³-hybridized carbons (Fsp3) is 0.167. The van der Waals surface area contributed by atoms with E-state index in [0.29, 0.717) is 11.3 Å². The molecule has 1 heterocycles. The third-order valence-corrected chi connectivity index (χ3v) is 2.61. The van der Waals surface area contributed by atoms with Gasteiger partial charge in [0.25, 0.3) is 5.24 Å². The van der Waals surface area contributed by atoms with Gasteiger partial charge in [0, 0.05) is 11.8 Å². The first kappa shape index (κ1) is 14.5. The van der Waals surface area contributed by atoms with Crippen molar-refractivity contribution in [2.24, 2.45) is 0 Å². The highest BCUT2D eigenvalue weighted by Gasteiger charge is 2.09. The molecule has 0 aliphatic carbocycles. The topological polar surface area (TPSA) is 44.1 Å². The fourth-order valence-electron chi connectivity index (χ4n) is 1.57. The van der Waals surface area contributed by atoms with Gasteiger partial charge in [-0.15, -0.1) is 12.4 Å². The largest absolute Gasteiger partial charge is 0.495 e. The molecule has 0 amide bonds. The Morgan fingerprint density at radius 2 is 2.17 bits per heavy atom. The summed E-state index contributed by atoms with van der Waals surface area (Å²) in [6, 6.07) is 5.04. The minimum absolute atomic E-state index is 0. The zero-order valence-electron chi connectivity index (χ0n) is 9.88. The Morgan fingerprint density at radius 3 is 2.67 bits per heavy atom. The lowest BCUT2D eigenvalue weighted by Crippen LogP contribution is -1.98. The molecule has 0 saturated carbocycles. The number of ether oxygens (including phenoxy) is 1. The summed E-state index contributed by atoms with van der Waals surface area (Å²) >= 11 is 5.42. The predicted molar refractivity (Wildman–Crippen MR) is 72.3 cm³/mol. The number of hydrogen-bond donors (Lipinski definition) is 0. The maximum atomic E-state index is 11.1. The second-order valence-electron chi connectivity index (χ2n) is 3.58. The molecule has 0 saturated heterocycles. The van der Waals surface area contributed by atoms with Gasteiger partial charge in [0.15, 0.2) is 0 Å². The number of carbonyl (C=O) groups excluding carboxylic acids is 1. The van der Waals surface area contributed by atoms with Gasteiger partial charge in [-0.05, 0) is 36.7 Å². The molecule has 0 radical (unpaired) electrons. The normalized spacial score (nSPS) is 9.72. The number of imidazole rings is 1. The number of aromatic nitrogens is 2. The van der Waals surface area contributed by atoms with Gasteiger partial charge in [0.2, 0.25) is 0 Å². The minimum atomic E-state index is -0.503. The van der Waals surface area contributed by atoms with Gasteiger partial charge in [-0.2, -0.15) is 0 Å². The van der Waals surface area contributed by atoms with E-state index >= 15 is 0 Å². The van der Waals surface area contributed by atoms with Crippen molar-refractivity contribution in [1.29, 1.82) is 0 Å². The van der Waals surface area contributed by atoms with E-state index in [4.69, 9.17) is 16.3 Å². The standard InChI is InChI=1S/C12H11ClN2O2.ClH/c1-8-6-15(7-14-8)10-4-3-9(12(13)16)5-11(10)17-2;/h3-7H,1-2H3;1H. The molecule has 96 valence electrons. The molecule has 0 unspecified atom stereocenters. The molecule has 0 aliphatic rings. The van der Waals surface area contributed by atoms with Gasteiger partial charge in [0.1, 0.15) is 5.75 Å². The summed E-state index contributed by atoms with van der Waals surface area (Å²) in [5.74, 6) is 0.578. The highest BCUT2D eigenvalue weighted by atomic mass is 35.5. The van der Waals surface area contributed by atoms with Gasteiger partial charge in [0.05, 0.1) is 24.8 Å². The van der Waals surface area contributed by atoms with Crippen molar-refractivity contribution in [1.82, 2.24) is 9.55 Å². The lowest BCUT2D eigenvalue weighted by molar-refractivity contribution is 0.108. The van der Waals surface area contributed by atoms with E-state index in [-0.39, 0.29) is 12.4 Å². The number of rotatable bonds is 3. The summed E-state index contributed by atoms with van der Waals surface area (Å²) in [5, 5.41) is -0.503. The van der Waals surface area contributed by atoms with Gasteiger partial charge in [-0.3, -0.25) is 4.79 Å². The second kappa shape index (κ2) is 5.89. The summed E-state index contributed by atoms with van der Waals surface area (Å²) in [4.78, 5) is 15.2. The molecule has 1 aromatic heterocycles. The molecule has 6 heteroatoms. The Labute approximate surface area is 116 Å². The van der Waals surface area contributed by atoms with Gasteiger partial charge in [-0.25, -0.2) is 4.98 Å². The molecule has 0 fully saturated rings. The summed E-state index contributed by atoms with van der Waals surface area (Å²) < 4.78 is 7.07. The maximum Gasteiger partial charge on any atom is 0.252 e. The van der Waals surface area contributed by atoms with Crippen molar-refractivity contribution in [3.63, 3.8) is 0 Å². The van der Waals surface area contributed by atoms with Crippen molar-refractivity contribution in [2.45, 2.75) is 6.92 Å². The van der Waals surface area contributed by atoms with Crippen LogP contribution in [0.3, 0.4) is 0 Å². The number of aryl methyl sites for hydroxylation is 1. The molecule has 0 atom stereocenters. The van der Waals surface area contributed by atoms with Crippen LogP contribution in [0.25, 0.3) is 5.69 Å². The number of carbonyl (C=O) groups is 1. The van der Waals surface area contributed by atoms with Crippen molar-refractivity contribution in [2.75, 3.05) is 7.11 Å². The zero-order chi connectivity index (χ0) is 12.4. The molecule has 2 aromatic rings. The smallest absolute Gasteiger partial charge is 0.252 e. The Morgan fingerprint density at radius 1 is 1.44 bits per heavy atom. The lowest BCUT2D eigenvalue weighted by atomic mass is 10.2. The first-order valence-electron chi connectivity index (χ1n) is 5.00. The van der Waals surface area contributed by atoms with E-state index in [2.05, 4.69) is 4.98 Å². The third kappa shape index (κ3) is 2.83. The number of halogens is 2. The Kier molecular flexibility index (Phi) is 4.76. The molecular weight excluding hydrogens is 275 g/mol. The quantitative estimate of drug-likeness (QED) is 0.815.